The highest BCUT2D eigenvalue weighted by Crippen LogP contribution is 2.48. The number of hydrogen-bond donors (Lipinski definition) is 1. The molecule has 0 aliphatic rings. The van der Waals surface area contributed by atoms with Crippen molar-refractivity contribution >= 4 is 86.8 Å². The van der Waals surface area contributed by atoms with Gasteiger partial charge in [0.1, 0.15) is 11.2 Å². The lowest BCUT2D eigenvalue weighted by molar-refractivity contribution is 0.676. The average Bonchev–Trinajstić information content (AvgIpc) is 3.53. The van der Waals surface area contributed by atoms with E-state index in [4.69, 9.17) is 4.42 Å². The van der Waals surface area contributed by atoms with Crippen LogP contribution in [0.5, 0.6) is 0 Å². The third kappa shape index (κ3) is 2.14. The highest BCUT2D eigenvalue weighted by atomic mass is 16.3. The first kappa shape index (κ1) is 18.5. The van der Waals surface area contributed by atoms with Crippen LogP contribution in [-0.4, -0.2) is 4.98 Å². The Morgan fingerprint density at radius 3 is 1.69 bits per heavy atom. The van der Waals surface area contributed by atoms with E-state index < -0.39 is 0 Å². The molecular formula is C34H19NO. The van der Waals surface area contributed by atoms with E-state index in [1.54, 1.807) is 0 Å². The molecule has 2 nitrogen and oxygen atoms in total. The molecule has 0 amide bonds. The molecule has 0 spiro atoms. The van der Waals surface area contributed by atoms with Crippen LogP contribution in [0.15, 0.2) is 114 Å². The molecule has 9 aromatic rings. The van der Waals surface area contributed by atoms with Gasteiger partial charge in [0, 0.05) is 43.1 Å². The Balaban J connectivity index is 1.69. The molecule has 166 valence electrons. The predicted octanol–water partition coefficient (Wildman–Crippen LogP) is 9.83. The second-order valence-electron chi connectivity index (χ2n) is 9.73. The van der Waals surface area contributed by atoms with E-state index in [2.05, 4.69) is 114 Å². The largest absolute Gasteiger partial charge is 0.455 e. The van der Waals surface area contributed by atoms with Crippen molar-refractivity contribution in [2.45, 2.75) is 0 Å². The summed E-state index contributed by atoms with van der Waals surface area (Å²) >= 11 is 0. The molecule has 0 aliphatic heterocycles. The zero-order valence-electron chi connectivity index (χ0n) is 19.3. The quantitative estimate of drug-likeness (QED) is 0.226. The van der Waals surface area contributed by atoms with Crippen LogP contribution in [0, 0.1) is 0 Å². The SMILES string of the molecule is c1ccc2c(c1)ccc1c2oc2c3ccccc3c3[nH]c4c5ccccc5c5ccccc5c4c3c12. The molecule has 36 heavy (non-hydrogen) atoms. The van der Waals surface area contributed by atoms with Crippen molar-refractivity contribution in [2.24, 2.45) is 0 Å². The Labute approximate surface area is 205 Å². The van der Waals surface area contributed by atoms with Crippen LogP contribution in [-0.2, 0) is 0 Å². The molecule has 9 rings (SSSR count). The summed E-state index contributed by atoms with van der Waals surface area (Å²) in [6.07, 6.45) is 0. The number of H-pyrrole nitrogens is 1. The molecule has 2 aromatic heterocycles. The van der Waals surface area contributed by atoms with Gasteiger partial charge in [-0.1, -0.05) is 103 Å². The van der Waals surface area contributed by atoms with Crippen LogP contribution < -0.4 is 0 Å². The smallest absolute Gasteiger partial charge is 0.144 e. The fraction of sp³-hybridized carbons (Fsp3) is 0. The van der Waals surface area contributed by atoms with Gasteiger partial charge in [-0.3, -0.25) is 0 Å². The van der Waals surface area contributed by atoms with E-state index in [0.29, 0.717) is 0 Å². The van der Waals surface area contributed by atoms with Gasteiger partial charge in [0.25, 0.3) is 0 Å². The van der Waals surface area contributed by atoms with Crippen LogP contribution in [0.1, 0.15) is 0 Å². The van der Waals surface area contributed by atoms with E-state index in [0.717, 1.165) is 27.3 Å². The van der Waals surface area contributed by atoms with Crippen LogP contribution in [0.3, 0.4) is 0 Å². The molecule has 2 heterocycles. The molecule has 0 atom stereocenters. The minimum absolute atomic E-state index is 0.959. The zero-order valence-corrected chi connectivity index (χ0v) is 19.3. The van der Waals surface area contributed by atoms with Gasteiger partial charge in [-0.05, 0) is 27.6 Å². The lowest BCUT2D eigenvalue weighted by Crippen LogP contribution is -1.81. The van der Waals surface area contributed by atoms with Gasteiger partial charge >= 0.3 is 0 Å². The average molecular weight is 458 g/mol. The minimum atomic E-state index is 0.959. The van der Waals surface area contributed by atoms with Crippen molar-refractivity contribution in [2.75, 3.05) is 0 Å². The molecule has 0 saturated heterocycles. The number of aromatic amines is 1. The zero-order chi connectivity index (χ0) is 23.4. The maximum absolute atomic E-state index is 6.79. The fourth-order valence-corrected chi connectivity index (χ4v) is 6.46. The topological polar surface area (TPSA) is 28.9 Å². The Kier molecular flexibility index (Phi) is 3.31. The summed E-state index contributed by atoms with van der Waals surface area (Å²) in [7, 11) is 0. The Morgan fingerprint density at radius 2 is 0.917 bits per heavy atom. The normalized spacial score (nSPS) is 12.4. The summed E-state index contributed by atoms with van der Waals surface area (Å²) < 4.78 is 6.79. The molecule has 0 saturated carbocycles. The molecule has 2 heteroatoms. The van der Waals surface area contributed by atoms with Crippen LogP contribution in [0.2, 0.25) is 0 Å². The Hall–Kier alpha value is -4.82. The first-order chi connectivity index (χ1) is 17.9. The van der Waals surface area contributed by atoms with Gasteiger partial charge in [-0.2, -0.15) is 0 Å². The van der Waals surface area contributed by atoms with E-state index in [-0.39, 0.29) is 0 Å². The van der Waals surface area contributed by atoms with Gasteiger partial charge in [-0.15, -0.1) is 0 Å². The van der Waals surface area contributed by atoms with Gasteiger partial charge in [0.05, 0.1) is 11.0 Å². The third-order valence-electron chi connectivity index (χ3n) is 7.95. The van der Waals surface area contributed by atoms with Gasteiger partial charge in [0.15, 0.2) is 0 Å². The molecule has 0 bridgehead atoms. The maximum atomic E-state index is 6.79. The van der Waals surface area contributed by atoms with Gasteiger partial charge < -0.3 is 9.40 Å². The van der Waals surface area contributed by atoms with Crippen molar-refractivity contribution < 1.29 is 4.42 Å². The number of nitrogens with one attached hydrogen (secondary N) is 1. The van der Waals surface area contributed by atoms with Crippen LogP contribution in [0.25, 0.3) is 86.8 Å². The summed E-state index contributed by atoms with van der Waals surface area (Å²) in [4.78, 5) is 3.90. The third-order valence-corrected chi connectivity index (χ3v) is 7.95. The van der Waals surface area contributed by atoms with Crippen molar-refractivity contribution in [1.29, 1.82) is 0 Å². The van der Waals surface area contributed by atoms with E-state index >= 15 is 0 Å². The molecule has 7 aromatic carbocycles. The lowest BCUT2D eigenvalue weighted by Gasteiger charge is -2.07. The number of benzene rings is 7. The summed E-state index contributed by atoms with van der Waals surface area (Å²) in [6, 6.07) is 39.1. The first-order valence-electron chi connectivity index (χ1n) is 12.4. The molecule has 1 N–H and O–H groups in total. The lowest BCUT2D eigenvalue weighted by atomic mass is 9.94. The fourth-order valence-electron chi connectivity index (χ4n) is 6.46. The summed E-state index contributed by atoms with van der Waals surface area (Å²) in [5.41, 5.74) is 4.28. The number of furan rings is 1. The summed E-state index contributed by atoms with van der Waals surface area (Å²) in [6.45, 7) is 0. The summed E-state index contributed by atoms with van der Waals surface area (Å²) in [5.74, 6) is 0. The molecule has 0 aliphatic carbocycles. The number of rotatable bonds is 0. The van der Waals surface area contributed by atoms with E-state index in [1.807, 2.05) is 0 Å². The van der Waals surface area contributed by atoms with Crippen LogP contribution >= 0.6 is 0 Å². The van der Waals surface area contributed by atoms with Crippen molar-refractivity contribution in [3.05, 3.63) is 109 Å². The van der Waals surface area contributed by atoms with Gasteiger partial charge in [0.2, 0.25) is 0 Å². The maximum Gasteiger partial charge on any atom is 0.144 e. The highest BCUT2D eigenvalue weighted by molar-refractivity contribution is 6.42. The highest BCUT2D eigenvalue weighted by Gasteiger charge is 2.22. The van der Waals surface area contributed by atoms with Crippen molar-refractivity contribution in [1.82, 2.24) is 4.98 Å². The summed E-state index contributed by atoms with van der Waals surface area (Å²) in [5, 5.41) is 14.6. The Morgan fingerprint density at radius 1 is 0.361 bits per heavy atom. The number of aromatic nitrogens is 1. The van der Waals surface area contributed by atoms with Gasteiger partial charge in [-0.25, -0.2) is 0 Å². The first-order valence-corrected chi connectivity index (χ1v) is 12.4. The monoisotopic (exact) mass is 457 g/mol. The van der Waals surface area contributed by atoms with Crippen molar-refractivity contribution in [3.63, 3.8) is 0 Å². The number of hydrogen-bond acceptors (Lipinski definition) is 1. The Bertz CT molecular complexity index is 2370. The second kappa shape index (κ2) is 6.44. The molecule has 0 radical (unpaired) electrons. The van der Waals surface area contributed by atoms with Crippen LogP contribution in [0.4, 0.5) is 0 Å². The minimum Gasteiger partial charge on any atom is -0.455 e. The standard InChI is InChI=1S/C34H19NO/c1-2-10-20-19(9-1)17-18-27-29-30-28-23-13-5-3-11-21(23)22-12-4-6-14-24(22)31(28)35-32(30)25-15-7-8-16-26(25)34(29)36-33(20)27/h1-18,35H. The van der Waals surface area contributed by atoms with Crippen molar-refractivity contribution in [3.8, 4) is 0 Å². The predicted molar refractivity (Wildman–Crippen MR) is 153 cm³/mol. The second-order valence-corrected chi connectivity index (χ2v) is 9.73. The molecule has 0 fully saturated rings. The number of fused-ring (bicyclic) bond motifs is 17. The van der Waals surface area contributed by atoms with E-state index in [9.17, 15) is 0 Å². The van der Waals surface area contributed by atoms with E-state index in [1.165, 1.54) is 59.5 Å². The molecular weight excluding hydrogens is 438 g/mol. The molecule has 0 unspecified atom stereocenters.